The van der Waals surface area contributed by atoms with Gasteiger partial charge in [-0.25, -0.2) is 0 Å². The minimum Gasteiger partial charge on any atom is -0.394 e. The van der Waals surface area contributed by atoms with E-state index in [0.29, 0.717) is 12.8 Å². The molecule has 518 valence electrons. The van der Waals surface area contributed by atoms with E-state index in [4.69, 9.17) is 9.47 Å². The number of allylic oxidation sites excluding steroid dienone is 14. The molecular formula is C80H145NO8. The van der Waals surface area contributed by atoms with E-state index in [9.17, 15) is 30.3 Å². The number of hydrogen-bond acceptors (Lipinski definition) is 8. The van der Waals surface area contributed by atoms with Crippen LogP contribution in [0.15, 0.2) is 85.1 Å². The standard InChI is InChI=1S/C80H145NO8/c1-3-5-7-9-11-13-15-17-19-21-23-25-27-29-31-33-34-35-36-37-38-39-40-42-44-46-48-50-52-54-56-58-60-62-64-66-68-70-76(84)81-73(72-88-80-79(87)78(86)77(85)75(71-82)89-80)74(83)69-67-65-63-61-59-57-55-53-51-49-47-45-43-41-32-30-28-26-24-22-20-18-16-14-12-10-8-6-4-2/h5,7,11,13,17,19,23,25,29,31,34-35,37-38,73-75,77-80,82-83,85-87H,3-4,6,8-10,12,14-16,18,20-22,24,26-28,30,32-33,36,39-72H2,1-2H3,(H,81,84)/b7-5-,13-11-,19-17-,25-23-,31-29-,35-34-,38-37-. The first-order valence-electron chi connectivity index (χ1n) is 38.3. The fraction of sp³-hybridized carbons (Fsp3) is 0.812. The topological polar surface area (TPSA) is 149 Å². The number of rotatable bonds is 67. The lowest BCUT2D eigenvalue weighted by atomic mass is 9.99. The van der Waals surface area contributed by atoms with Crippen molar-refractivity contribution < 1.29 is 39.8 Å². The molecule has 1 aliphatic heterocycles. The summed E-state index contributed by atoms with van der Waals surface area (Å²) in [6, 6.07) is -0.725. The molecular weight excluding hydrogens is 1100 g/mol. The van der Waals surface area contributed by atoms with Gasteiger partial charge in [-0.15, -0.1) is 0 Å². The molecule has 0 spiro atoms. The lowest BCUT2D eigenvalue weighted by molar-refractivity contribution is -0.302. The van der Waals surface area contributed by atoms with Gasteiger partial charge in [0.2, 0.25) is 5.91 Å². The molecule has 0 aromatic heterocycles. The second-order valence-corrected chi connectivity index (χ2v) is 26.4. The van der Waals surface area contributed by atoms with Crippen LogP contribution in [0.3, 0.4) is 0 Å². The molecule has 9 heteroatoms. The monoisotopic (exact) mass is 1250 g/mol. The summed E-state index contributed by atoms with van der Waals surface area (Å²) >= 11 is 0. The molecule has 0 aromatic rings. The van der Waals surface area contributed by atoms with Crippen molar-refractivity contribution in [1.82, 2.24) is 5.32 Å². The van der Waals surface area contributed by atoms with Crippen LogP contribution in [0.25, 0.3) is 0 Å². The Balaban J connectivity index is 2.08. The predicted molar refractivity (Wildman–Crippen MR) is 382 cm³/mol. The zero-order chi connectivity index (χ0) is 64.2. The van der Waals surface area contributed by atoms with E-state index in [1.54, 1.807) is 0 Å². The first-order valence-corrected chi connectivity index (χ1v) is 38.3. The molecule has 0 aliphatic carbocycles. The first kappa shape index (κ1) is 84.4. The zero-order valence-electron chi connectivity index (χ0n) is 58.2. The van der Waals surface area contributed by atoms with Crippen molar-refractivity contribution in [3.05, 3.63) is 85.1 Å². The van der Waals surface area contributed by atoms with Gasteiger partial charge in [-0.1, -0.05) is 369 Å². The Bertz CT molecular complexity index is 1690. The summed E-state index contributed by atoms with van der Waals surface area (Å²) < 4.78 is 11.4. The first-order chi connectivity index (χ1) is 43.8. The highest BCUT2D eigenvalue weighted by Crippen LogP contribution is 2.24. The highest BCUT2D eigenvalue weighted by Gasteiger charge is 2.44. The highest BCUT2D eigenvalue weighted by atomic mass is 16.7. The van der Waals surface area contributed by atoms with E-state index in [-0.39, 0.29) is 12.5 Å². The van der Waals surface area contributed by atoms with Crippen molar-refractivity contribution in [1.29, 1.82) is 0 Å². The van der Waals surface area contributed by atoms with Crippen molar-refractivity contribution >= 4 is 5.91 Å². The maximum Gasteiger partial charge on any atom is 0.220 e. The molecule has 0 bridgehead atoms. The number of ether oxygens (including phenoxy) is 2. The molecule has 1 saturated heterocycles. The summed E-state index contributed by atoms with van der Waals surface area (Å²) in [5.74, 6) is -0.141. The van der Waals surface area contributed by atoms with Gasteiger partial charge in [-0.2, -0.15) is 0 Å². The smallest absolute Gasteiger partial charge is 0.220 e. The van der Waals surface area contributed by atoms with Crippen molar-refractivity contribution in [3.63, 3.8) is 0 Å². The van der Waals surface area contributed by atoms with Gasteiger partial charge >= 0.3 is 0 Å². The normalized spacial score (nSPS) is 18.3. The van der Waals surface area contributed by atoms with Crippen LogP contribution in [0.2, 0.25) is 0 Å². The van der Waals surface area contributed by atoms with Gasteiger partial charge in [0.1, 0.15) is 24.4 Å². The van der Waals surface area contributed by atoms with Gasteiger partial charge in [0.25, 0.3) is 0 Å². The Hall–Kier alpha value is -2.63. The summed E-state index contributed by atoms with van der Waals surface area (Å²) in [7, 11) is 0. The second kappa shape index (κ2) is 68.2. The molecule has 6 N–H and O–H groups in total. The molecule has 1 rings (SSSR count). The van der Waals surface area contributed by atoms with E-state index in [0.717, 1.165) is 83.5 Å². The van der Waals surface area contributed by atoms with Crippen LogP contribution in [-0.2, 0) is 14.3 Å². The SMILES string of the molecule is CC/C=C\C/C=C\C/C=C\C/C=C\C/C=C\C/C=C\C/C=C\CCCCCCCCCCCCCCCCCC(=O)NC(COC1OC(CO)C(O)C(O)C1O)C(O)CCCCCCCCCCCCCCCCCCCCCCCCCCCCCCC. The molecule has 0 aromatic carbocycles. The molecule has 9 nitrogen and oxygen atoms in total. The maximum absolute atomic E-state index is 13.2. The molecule has 0 saturated carbocycles. The summed E-state index contributed by atoms with van der Waals surface area (Å²) in [4.78, 5) is 13.2. The van der Waals surface area contributed by atoms with Crippen molar-refractivity contribution in [2.24, 2.45) is 0 Å². The molecule has 7 atom stereocenters. The Morgan fingerprint density at radius 1 is 0.393 bits per heavy atom. The van der Waals surface area contributed by atoms with E-state index in [1.165, 1.54) is 250 Å². The molecule has 1 amide bonds. The second-order valence-electron chi connectivity index (χ2n) is 26.4. The number of hydrogen-bond donors (Lipinski definition) is 6. The van der Waals surface area contributed by atoms with Gasteiger partial charge in [0, 0.05) is 6.42 Å². The Kier molecular flexibility index (Phi) is 64.7. The molecule has 1 heterocycles. The van der Waals surface area contributed by atoms with Crippen LogP contribution in [0.4, 0.5) is 0 Å². The highest BCUT2D eigenvalue weighted by molar-refractivity contribution is 5.76. The summed E-state index contributed by atoms with van der Waals surface area (Å²) in [5.41, 5.74) is 0. The Morgan fingerprint density at radius 2 is 0.697 bits per heavy atom. The van der Waals surface area contributed by atoms with E-state index >= 15 is 0 Å². The number of aliphatic hydroxyl groups excluding tert-OH is 5. The third kappa shape index (κ3) is 56.6. The fourth-order valence-corrected chi connectivity index (χ4v) is 12.1. The van der Waals surface area contributed by atoms with Crippen LogP contribution < -0.4 is 5.32 Å². The summed E-state index contributed by atoms with van der Waals surface area (Å²) in [5, 5.41) is 55.1. The predicted octanol–water partition coefficient (Wildman–Crippen LogP) is 21.6. The van der Waals surface area contributed by atoms with E-state index in [1.807, 2.05) is 0 Å². The maximum atomic E-state index is 13.2. The van der Waals surface area contributed by atoms with Crippen LogP contribution in [0.5, 0.6) is 0 Å². The number of carbonyl (C=O) groups is 1. The third-order valence-corrected chi connectivity index (χ3v) is 18.0. The van der Waals surface area contributed by atoms with Gasteiger partial charge in [-0.05, 0) is 70.6 Å². The average molecular weight is 1250 g/mol. The van der Waals surface area contributed by atoms with E-state index in [2.05, 4.69) is 104 Å². The lowest BCUT2D eigenvalue weighted by Gasteiger charge is -2.40. The van der Waals surface area contributed by atoms with Crippen molar-refractivity contribution in [3.8, 4) is 0 Å². The molecule has 1 aliphatic rings. The number of carbonyl (C=O) groups excluding carboxylic acids is 1. The van der Waals surface area contributed by atoms with Crippen LogP contribution in [-0.4, -0.2) is 87.5 Å². The van der Waals surface area contributed by atoms with Crippen LogP contribution >= 0.6 is 0 Å². The third-order valence-electron chi connectivity index (χ3n) is 18.0. The zero-order valence-corrected chi connectivity index (χ0v) is 58.2. The van der Waals surface area contributed by atoms with Gasteiger partial charge in [-0.3, -0.25) is 4.79 Å². The van der Waals surface area contributed by atoms with Crippen molar-refractivity contribution in [2.75, 3.05) is 13.2 Å². The van der Waals surface area contributed by atoms with Gasteiger partial charge < -0.3 is 40.3 Å². The summed E-state index contributed by atoms with van der Waals surface area (Å²) in [6.45, 7) is 3.77. The molecule has 1 fully saturated rings. The summed E-state index contributed by atoms with van der Waals surface area (Å²) in [6.07, 6.45) is 91.0. The Morgan fingerprint density at radius 3 is 1.03 bits per heavy atom. The van der Waals surface area contributed by atoms with Crippen LogP contribution in [0, 0.1) is 0 Å². The Labute approximate surface area is 550 Å². The number of unbranched alkanes of at least 4 members (excludes halogenated alkanes) is 43. The van der Waals surface area contributed by atoms with Gasteiger partial charge in [0.05, 0.1) is 25.4 Å². The van der Waals surface area contributed by atoms with Crippen LogP contribution in [0.1, 0.15) is 361 Å². The number of aliphatic hydroxyl groups is 5. The van der Waals surface area contributed by atoms with Crippen molar-refractivity contribution in [2.45, 2.75) is 403 Å². The number of nitrogens with one attached hydrogen (secondary N) is 1. The van der Waals surface area contributed by atoms with E-state index < -0.39 is 49.5 Å². The minimum absolute atomic E-state index is 0.138. The fourth-order valence-electron chi connectivity index (χ4n) is 12.1. The quantitative estimate of drug-likeness (QED) is 0.0261. The minimum atomic E-state index is -1.56. The average Bonchev–Trinajstić information content (AvgIpc) is 2.28. The molecule has 0 radical (unpaired) electrons. The molecule has 7 unspecified atom stereocenters. The lowest BCUT2D eigenvalue weighted by Crippen LogP contribution is -2.60. The largest absolute Gasteiger partial charge is 0.394 e. The number of amides is 1. The molecule has 89 heavy (non-hydrogen) atoms. The van der Waals surface area contributed by atoms with Gasteiger partial charge in [0.15, 0.2) is 6.29 Å².